The van der Waals surface area contributed by atoms with Gasteiger partial charge in [-0.05, 0) is 63.6 Å². The Labute approximate surface area is 189 Å². The minimum atomic E-state index is -0.678. The zero-order valence-electron chi connectivity index (χ0n) is 17.7. The average Bonchev–Trinajstić information content (AvgIpc) is 3.06. The second-order valence-corrected chi connectivity index (χ2v) is 9.36. The number of rotatable bonds is 4. The first-order valence-corrected chi connectivity index (χ1v) is 11.0. The number of benzene rings is 2. The van der Waals surface area contributed by atoms with Gasteiger partial charge in [-0.3, -0.25) is 14.5 Å². The number of nitrogens with one attached hydrogen (secondary N) is 1. The van der Waals surface area contributed by atoms with Gasteiger partial charge in [-0.25, -0.2) is 4.98 Å². The van der Waals surface area contributed by atoms with Crippen molar-refractivity contribution in [2.45, 2.75) is 33.8 Å². The van der Waals surface area contributed by atoms with E-state index in [1.807, 2.05) is 45.0 Å². The SMILES string of the molecule is Cc1nc(-c2ccc3c(c2)N(CC(=O)Nc2cc(Cl)ccc2C)C(=O)C(C)O3)c(C)s1. The molecule has 0 saturated heterocycles. The van der Waals surface area contributed by atoms with Crippen LogP contribution in [0.5, 0.6) is 5.75 Å². The summed E-state index contributed by atoms with van der Waals surface area (Å²) < 4.78 is 5.78. The van der Waals surface area contributed by atoms with Crippen LogP contribution >= 0.6 is 22.9 Å². The molecule has 1 atom stereocenters. The van der Waals surface area contributed by atoms with Crippen molar-refractivity contribution in [2.75, 3.05) is 16.8 Å². The zero-order valence-corrected chi connectivity index (χ0v) is 19.2. The lowest BCUT2D eigenvalue weighted by Gasteiger charge is -2.33. The van der Waals surface area contributed by atoms with Crippen molar-refractivity contribution in [1.82, 2.24) is 4.98 Å². The van der Waals surface area contributed by atoms with Gasteiger partial charge in [0, 0.05) is 21.2 Å². The van der Waals surface area contributed by atoms with E-state index < -0.39 is 6.10 Å². The van der Waals surface area contributed by atoms with Crippen LogP contribution in [0.15, 0.2) is 36.4 Å². The quantitative estimate of drug-likeness (QED) is 0.591. The summed E-state index contributed by atoms with van der Waals surface area (Å²) in [5.41, 5.74) is 3.81. The van der Waals surface area contributed by atoms with Crippen LogP contribution in [0.4, 0.5) is 11.4 Å². The van der Waals surface area contributed by atoms with Gasteiger partial charge in [0.1, 0.15) is 12.3 Å². The maximum Gasteiger partial charge on any atom is 0.268 e. The summed E-state index contributed by atoms with van der Waals surface area (Å²) in [6.07, 6.45) is -0.678. The van der Waals surface area contributed by atoms with E-state index in [1.165, 1.54) is 4.90 Å². The first kappa shape index (κ1) is 21.3. The Hall–Kier alpha value is -2.90. The van der Waals surface area contributed by atoms with Gasteiger partial charge in [0.15, 0.2) is 6.10 Å². The number of carbonyl (C=O) groups is 2. The Kier molecular flexibility index (Phi) is 5.73. The topological polar surface area (TPSA) is 71.5 Å². The van der Waals surface area contributed by atoms with E-state index in [4.69, 9.17) is 16.3 Å². The minimum Gasteiger partial charge on any atom is -0.479 e. The van der Waals surface area contributed by atoms with Crippen molar-refractivity contribution in [3.8, 4) is 17.0 Å². The molecule has 8 heteroatoms. The molecule has 1 aliphatic rings. The summed E-state index contributed by atoms with van der Waals surface area (Å²) >= 11 is 7.67. The van der Waals surface area contributed by atoms with Gasteiger partial charge < -0.3 is 10.1 Å². The first-order chi connectivity index (χ1) is 14.7. The number of halogens is 1. The van der Waals surface area contributed by atoms with Gasteiger partial charge in [-0.1, -0.05) is 17.7 Å². The third kappa shape index (κ3) is 4.29. The fourth-order valence-corrected chi connectivity index (χ4v) is 4.59. The Morgan fingerprint density at radius 2 is 2.00 bits per heavy atom. The second kappa shape index (κ2) is 8.32. The highest BCUT2D eigenvalue weighted by atomic mass is 35.5. The number of aryl methyl sites for hydroxylation is 3. The molecule has 1 N–H and O–H groups in total. The smallest absolute Gasteiger partial charge is 0.268 e. The molecule has 31 heavy (non-hydrogen) atoms. The Morgan fingerprint density at radius 3 is 2.71 bits per heavy atom. The van der Waals surface area contributed by atoms with Crippen molar-refractivity contribution >= 4 is 46.1 Å². The molecule has 3 aromatic rings. The second-order valence-electron chi connectivity index (χ2n) is 7.51. The van der Waals surface area contributed by atoms with Crippen LogP contribution in [0, 0.1) is 20.8 Å². The molecule has 1 unspecified atom stereocenters. The highest BCUT2D eigenvalue weighted by molar-refractivity contribution is 7.11. The predicted octanol–water partition coefficient (Wildman–Crippen LogP) is 5.14. The van der Waals surface area contributed by atoms with Crippen molar-refractivity contribution in [2.24, 2.45) is 0 Å². The molecule has 2 heterocycles. The van der Waals surface area contributed by atoms with Crippen LogP contribution in [0.1, 0.15) is 22.4 Å². The average molecular weight is 456 g/mol. The maximum atomic E-state index is 12.9. The number of ether oxygens (including phenoxy) is 1. The molecule has 0 bridgehead atoms. The van der Waals surface area contributed by atoms with Crippen molar-refractivity contribution in [3.05, 3.63) is 56.9 Å². The van der Waals surface area contributed by atoms with Crippen LogP contribution in [0.2, 0.25) is 5.02 Å². The van der Waals surface area contributed by atoms with E-state index in [2.05, 4.69) is 10.3 Å². The molecule has 4 rings (SSSR count). The van der Waals surface area contributed by atoms with Gasteiger partial charge in [0.05, 0.1) is 16.4 Å². The molecule has 1 aromatic heterocycles. The Bertz CT molecular complexity index is 1190. The number of hydrogen-bond acceptors (Lipinski definition) is 5. The number of amides is 2. The van der Waals surface area contributed by atoms with Crippen molar-refractivity contribution in [3.63, 3.8) is 0 Å². The molecule has 0 spiro atoms. The molecule has 0 aliphatic carbocycles. The molecule has 2 amide bonds. The number of aromatic nitrogens is 1. The van der Waals surface area contributed by atoms with E-state index >= 15 is 0 Å². The lowest BCUT2D eigenvalue weighted by molar-refractivity contribution is -0.127. The van der Waals surface area contributed by atoms with E-state index in [1.54, 1.807) is 30.4 Å². The lowest BCUT2D eigenvalue weighted by atomic mass is 10.1. The Balaban J connectivity index is 1.65. The minimum absolute atomic E-state index is 0.135. The number of carbonyl (C=O) groups excluding carboxylic acids is 2. The lowest BCUT2D eigenvalue weighted by Crippen LogP contribution is -2.47. The molecule has 0 saturated carbocycles. The van der Waals surface area contributed by atoms with Gasteiger partial charge in [0.2, 0.25) is 5.91 Å². The van der Waals surface area contributed by atoms with Crippen molar-refractivity contribution in [1.29, 1.82) is 0 Å². The number of fused-ring (bicyclic) bond motifs is 1. The highest BCUT2D eigenvalue weighted by Gasteiger charge is 2.33. The molecular formula is C23H22ClN3O3S. The first-order valence-electron chi connectivity index (χ1n) is 9.85. The third-order valence-electron chi connectivity index (χ3n) is 5.12. The molecule has 0 radical (unpaired) electrons. The van der Waals surface area contributed by atoms with Crippen LogP contribution < -0.4 is 15.0 Å². The highest BCUT2D eigenvalue weighted by Crippen LogP contribution is 2.38. The summed E-state index contributed by atoms with van der Waals surface area (Å²) in [6, 6.07) is 10.9. The Morgan fingerprint density at radius 1 is 1.23 bits per heavy atom. The number of hydrogen-bond donors (Lipinski definition) is 1. The van der Waals surface area contributed by atoms with Crippen LogP contribution in [-0.2, 0) is 9.59 Å². The zero-order chi connectivity index (χ0) is 22.3. The number of nitrogens with zero attached hydrogens (tertiary/aromatic N) is 2. The molecule has 0 fully saturated rings. The summed E-state index contributed by atoms with van der Waals surface area (Å²) in [5.74, 6) is -0.0224. The maximum absolute atomic E-state index is 12.9. The fraction of sp³-hybridized carbons (Fsp3) is 0.261. The van der Waals surface area contributed by atoms with Gasteiger partial charge >= 0.3 is 0 Å². The molecular weight excluding hydrogens is 434 g/mol. The fourth-order valence-electron chi connectivity index (χ4n) is 3.58. The van der Waals surface area contributed by atoms with Crippen LogP contribution in [0.25, 0.3) is 11.3 Å². The summed E-state index contributed by atoms with van der Waals surface area (Å²) in [7, 11) is 0. The number of anilines is 2. The van der Waals surface area contributed by atoms with E-state index in [9.17, 15) is 9.59 Å². The van der Waals surface area contributed by atoms with E-state index in [-0.39, 0.29) is 18.4 Å². The van der Waals surface area contributed by atoms with E-state index in [0.29, 0.717) is 22.1 Å². The summed E-state index contributed by atoms with van der Waals surface area (Å²) in [6.45, 7) is 7.40. The van der Waals surface area contributed by atoms with Gasteiger partial charge in [0.25, 0.3) is 5.91 Å². The number of thiazole rings is 1. The standard InChI is InChI=1S/C23H22ClN3O3S/c1-12-5-7-17(24)10-18(12)26-21(28)11-27-19-9-16(22-14(3)31-15(4)25-22)6-8-20(19)30-13(2)23(27)29/h5-10,13H,11H2,1-4H3,(H,26,28). The van der Waals surface area contributed by atoms with Crippen molar-refractivity contribution < 1.29 is 14.3 Å². The molecule has 6 nitrogen and oxygen atoms in total. The molecule has 2 aromatic carbocycles. The normalized spacial score (nSPS) is 15.5. The van der Waals surface area contributed by atoms with E-state index in [0.717, 1.165) is 26.7 Å². The molecule has 1 aliphatic heterocycles. The monoisotopic (exact) mass is 455 g/mol. The molecule has 160 valence electrons. The summed E-state index contributed by atoms with van der Waals surface area (Å²) in [5, 5.41) is 4.35. The predicted molar refractivity (Wildman–Crippen MR) is 124 cm³/mol. The largest absolute Gasteiger partial charge is 0.479 e. The summed E-state index contributed by atoms with van der Waals surface area (Å²) in [4.78, 5) is 32.9. The third-order valence-corrected chi connectivity index (χ3v) is 6.24. The van der Waals surface area contributed by atoms with Crippen LogP contribution in [0.3, 0.4) is 0 Å². The van der Waals surface area contributed by atoms with Gasteiger partial charge in [-0.2, -0.15) is 0 Å². The van der Waals surface area contributed by atoms with Crippen LogP contribution in [-0.4, -0.2) is 29.4 Å². The van der Waals surface area contributed by atoms with Gasteiger partial charge in [-0.15, -0.1) is 11.3 Å².